The smallest absolute Gasteiger partial charge is 0.0315 e. The molecule has 0 amide bonds. The van der Waals surface area contributed by atoms with Crippen molar-refractivity contribution in [2.45, 2.75) is 25.4 Å². The van der Waals surface area contributed by atoms with E-state index in [1.807, 2.05) is 18.5 Å². The summed E-state index contributed by atoms with van der Waals surface area (Å²) in [6, 6.07) is 5.15. The van der Waals surface area contributed by atoms with Crippen LogP contribution in [0.2, 0.25) is 0 Å². The van der Waals surface area contributed by atoms with E-state index in [1.165, 1.54) is 18.5 Å². The lowest BCUT2D eigenvalue weighted by Crippen LogP contribution is -2.33. The van der Waals surface area contributed by atoms with E-state index in [0.29, 0.717) is 12.1 Å². The molecule has 15 heavy (non-hydrogen) atoms. The van der Waals surface area contributed by atoms with Crippen LogP contribution in [0.5, 0.6) is 0 Å². The molecule has 1 aromatic rings. The van der Waals surface area contributed by atoms with Gasteiger partial charge in [0.2, 0.25) is 0 Å². The highest BCUT2D eigenvalue weighted by molar-refractivity contribution is 5.13. The Morgan fingerprint density at radius 3 is 3.07 bits per heavy atom. The van der Waals surface area contributed by atoms with Gasteiger partial charge in [0, 0.05) is 31.0 Å². The third-order valence-corrected chi connectivity index (χ3v) is 3.06. The summed E-state index contributed by atoms with van der Waals surface area (Å²) < 4.78 is 0. The number of nitrogens with one attached hydrogen (secondary N) is 1. The Kier molecular flexibility index (Phi) is 3.34. The second-order valence-electron chi connectivity index (χ2n) is 4.42. The van der Waals surface area contributed by atoms with Crippen LogP contribution < -0.4 is 5.32 Å². The average molecular weight is 205 g/mol. The molecule has 1 aliphatic rings. The first kappa shape index (κ1) is 10.6. The Hall–Kier alpha value is -0.930. The van der Waals surface area contributed by atoms with Gasteiger partial charge in [-0.15, -0.1) is 0 Å². The molecule has 1 aromatic heterocycles. The summed E-state index contributed by atoms with van der Waals surface area (Å²) in [7, 11) is 2.18. The maximum atomic E-state index is 4.14. The number of pyridine rings is 1. The van der Waals surface area contributed by atoms with Gasteiger partial charge in [0.15, 0.2) is 0 Å². The van der Waals surface area contributed by atoms with E-state index in [2.05, 4.69) is 35.2 Å². The fraction of sp³-hybridized carbons (Fsp3) is 0.583. The molecule has 0 radical (unpaired) electrons. The van der Waals surface area contributed by atoms with Crippen molar-refractivity contribution in [3.63, 3.8) is 0 Å². The van der Waals surface area contributed by atoms with E-state index in [1.54, 1.807) is 0 Å². The second kappa shape index (κ2) is 4.73. The van der Waals surface area contributed by atoms with Crippen molar-refractivity contribution in [2.24, 2.45) is 0 Å². The van der Waals surface area contributed by atoms with Crippen LogP contribution in [-0.4, -0.2) is 36.1 Å². The molecule has 2 rings (SSSR count). The monoisotopic (exact) mass is 205 g/mol. The van der Waals surface area contributed by atoms with Crippen molar-refractivity contribution < 1.29 is 0 Å². The number of rotatable bonds is 3. The van der Waals surface area contributed by atoms with Crippen LogP contribution in [0.1, 0.15) is 24.9 Å². The molecule has 0 bridgehead atoms. The second-order valence-corrected chi connectivity index (χ2v) is 4.42. The summed E-state index contributed by atoms with van der Waals surface area (Å²) in [5.41, 5.74) is 1.27. The minimum atomic E-state index is 0.398. The maximum absolute atomic E-state index is 4.14. The predicted molar refractivity (Wildman–Crippen MR) is 61.7 cm³/mol. The van der Waals surface area contributed by atoms with Gasteiger partial charge in [0.05, 0.1) is 0 Å². The Bertz CT molecular complexity index is 299. The Morgan fingerprint density at radius 1 is 1.60 bits per heavy atom. The number of hydrogen-bond donors (Lipinski definition) is 1. The van der Waals surface area contributed by atoms with Crippen LogP contribution in [0.4, 0.5) is 0 Å². The van der Waals surface area contributed by atoms with Gasteiger partial charge >= 0.3 is 0 Å². The standard InChI is InChI=1S/C12H19N3/c1-10(11-4-3-6-13-8-11)14-12-5-7-15(2)9-12/h3-4,6,8,10,12,14H,5,7,9H2,1-2H3. The molecule has 0 spiro atoms. The van der Waals surface area contributed by atoms with Crippen molar-refractivity contribution in [3.05, 3.63) is 30.1 Å². The number of hydrogen-bond acceptors (Lipinski definition) is 3. The van der Waals surface area contributed by atoms with Gasteiger partial charge in [0.25, 0.3) is 0 Å². The molecule has 0 saturated carbocycles. The van der Waals surface area contributed by atoms with Gasteiger partial charge in [0.1, 0.15) is 0 Å². The summed E-state index contributed by atoms with van der Waals surface area (Å²) in [5.74, 6) is 0. The average Bonchev–Trinajstić information content (AvgIpc) is 2.65. The van der Waals surface area contributed by atoms with Crippen LogP contribution in [0.15, 0.2) is 24.5 Å². The van der Waals surface area contributed by atoms with Crippen molar-refractivity contribution in [1.29, 1.82) is 0 Å². The van der Waals surface area contributed by atoms with E-state index in [9.17, 15) is 0 Å². The molecule has 2 unspecified atom stereocenters. The Morgan fingerprint density at radius 2 is 2.47 bits per heavy atom. The van der Waals surface area contributed by atoms with E-state index in [-0.39, 0.29) is 0 Å². The highest BCUT2D eigenvalue weighted by Gasteiger charge is 2.20. The molecule has 1 N–H and O–H groups in total. The van der Waals surface area contributed by atoms with Crippen molar-refractivity contribution in [1.82, 2.24) is 15.2 Å². The topological polar surface area (TPSA) is 28.2 Å². The van der Waals surface area contributed by atoms with Crippen molar-refractivity contribution >= 4 is 0 Å². The molecule has 1 fully saturated rings. The third kappa shape index (κ3) is 2.76. The third-order valence-electron chi connectivity index (χ3n) is 3.06. The van der Waals surface area contributed by atoms with Gasteiger partial charge in [-0.2, -0.15) is 0 Å². The largest absolute Gasteiger partial charge is 0.306 e. The van der Waals surface area contributed by atoms with E-state index in [4.69, 9.17) is 0 Å². The number of aromatic nitrogens is 1. The lowest BCUT2D eigenvalue weighted by atomic mass is 10.1. The molecule has 0 aromatic carbocycles. The van der Waals surface area contributed by atoms with Gasteiger partial charge in [-0.05, 0) is 38.6 Å². The molecule has 0 aliphatic carbocycles. The number of likely N-dealkylation sites (N-methyl/N-ethyl adjacent to an activating group) is 1. The first-order valence-electron chi connectivity index (χ1n) is 5.60. The zero-order valence-corrected chi connectivity index (χ0v) is 9.48. The highest BCUT2D eigenvalue weighted by atomic mass is 15.2. The predicted octanol–water partition coefficient (Wildman–Crippen LogP) is 1.44. The molecule has 2 heterocycles. The lowest BCUT2D eigenvalue weighted by molar-refractivity contribution is 0.387. The summed E-state index contributed by atoms with van der Waals surface area (Å²) in [4.78, 5) is 6.51. The van der Waals surface area contributed by atoms with Crippen molar-refractivity contribution in [2.75, 3.05) is 20.1 Å². The normalized spacial score (nSPS) is 24.3. The quantitative estimate of drug-likeness (QED) is 0.809. The van der Waals surface area contributed by atoms with Crippen LogP contribution in [0.25, 0.3) is 0 Å². The summed E-state index contributed by atoms with van der Waals surface area (Å²) >= 11 is 0. The van der Waals surface area contributed by atoms with E-state index < -0.39 is 0 Å². The minimum absolute atomic E-state index is 0.398. The Labute approximate surface area is 91.5 Å². The molecule has 1 saturated heterocycles. The minimum Gasteiger partial charge on any atom is -0.306 e. The first-order valence-corrected chi connectivity index (χ1v) is 5.60. The van der Waals surface area contributed by atoms with E-state index >= 15 is 0 Å². The number of nitrogens with zero attached hydrogens (tertiary/aromatic N) is 2. The summed E-state index contributed by atoms with van der Waals surface area (Å²) in [6.07, 6.45) is 5.01. The van der Waals surface area contributed by atoms with Gasteiger partial charge in [-0.1, -0.05) is 6.07 Å². The number of likely N-dealkylation sites (tertiary alicyclic amines) is 1. The summed E-state index contributed by atoms with van der Waals surface area (Å²) in [5, 5.41) is 3.64. The zero-order valence-electron chi connectivity index (χ0n) is 9.48. The Balaban J connectivity index is 1.90. The fourth-order valence-corrected chi connectivity index (χ4v) is 2.15. The van der Waals surface area contributed by atoms with E-state index in [0.717, 1.165) is 6.54 Å². The molecular weight excluding hydrogens is 186 g/mol. The van der Waals surface area contributed by atoms with Gasteiger partial charge in [-0.25, -0.2) is 0 Å². The van der Waals surface area contributed by atoms with Crippen molar-refractivity contribution in [3.8, 4) is 0 Å². The van der Waals surface area contributed by atoms with Crippen LogP contribution in [0, 0.1) is 0 Å². The molecule has 3 nitrogen and oxygen atoms in total. The first-order chi connectivity index (χ1) is 7.25. The zero-order chi connectivity index (χ0) is 10.7. The van der Waals surface area contributed by atoms with Crippen LogP contribution in [-0.2, 0) is 0 Å². The van der Waals surface area contributed by atoms with Crippen LogP contribution in [0.3, 0.4) is 0 Å². The lowest BCUT2D eigenvalue weighted by Gasteiger charge is -2.19. The maximum Gasteiger partial charge on any atom is 0.0315 e. The fourth-order valence-electron chi connectivity index (χ4n) is 2.15. The SMILES string of the molecule is CC(NC1CCN(C)C1)c1cccnc1. The molecule has 82 valence electrons. The highest BCUT2D eigenvalue weighted by Crippen LogP contribution is 2.14. The van der Waals surface area contributed by atoms with Gasteiger partial charge < -0.3 is 10.2 Å². The molecular formula is C12H19N3. The molecule has 3 heteroatoms. The molecule has 2 atom stereocenters. The van der Waals surface area contributed by atoms with Crippen LogP contribution >= 0.6 is 0 Å². The molecule has 1 aliphatic heterocycles. The van der Waals surface area contributed by atoms with Gasteiger partial charge in [-0.3, -0.25) is 4.98 Å². The summed E-state index contributed by atoms with van der Waals surface area (Å²) in [6.45, 7) is 4.57.